The van der Waals surface area contributed by atoms with E-state index in [0.29, 0.717) is 40.9 Å². The van der Waals surface area contributed by atoms with Crippen molar-refractivity contribution in [2.75, 3.05) is 0 Å². The van der Waals surface area contributed by atoms with Gasteiger partial charge in [-0.25, -0.2) is 14.3 Å². The van der Waals surface area contributed by atoms with Crippen LogP contribution in [0.3, 0.4) is 0 Å². The minimum Gasteiger partial charge on any atom is -0.388 e. The molecule has 0 spiro atoms. The van der Waals surface area contributed by atoms with Crippen molar-refractivity contribution < 1.29 is 9.90 Å². The average molecular weight is 601 g/mol. The quantitative estimate of drug-likeness (QED) is 0.268. The van der Waals surface area contributed by atoms with Gasteiger partial charge in [0.2, 0.25) is 5.82 Å². The molecule has 3 heterocycles. The first-order valence-corrected chi connectivity index (χ1v) is 14.3. The topological polar surface area (TPSA) is 116 Å². The fourth-order valence-corrected chi connectivity index (χ4v) is 6.19. The normalized spacial score (nSPS) is 18.4. The zero-order valence-corrected chi connectivity index (χ0v) is 24.1. The van der Waals surface area contributed by atoms with Gasteiger partial charge in [-0.15, -0.1) is 10.2 Å². The Balaban J connectivity index is 0.996. The number of aromatic nitrogens is 7. The molecule has 12 heteroatoms. The summed E-state index contributed by atoms with van der Waals surface area (Å²) in [6.07, 6.45) is 2.62. The fraction of sp³-hybridized carbons (Fsp3) is 0.233. The number of aryl methyl sites for hydroxylation is 1. The van der Waals surface area contributed by atoms with Gasteiger partial charge in [-0.2, -0.15) is 0 Å². The number of para-hydroxylation sites is 2. The molecule has 3 aromatic heterocycles. The number of hydrogen-bond acceptors (Lipinski definition) is 6. The molecule has 0 aliphatic heterocycles. The lowest BCUT2D eigenvalue weighted by molar-refractivity contribution is -0.0689. The van der Waals surface area contributed by atoms with Crippen LogP contribution in [0.25, 0.3) is 27.5 Å². The third-order valence-corrected chi connectivity index (χ3v) is 8.29. The van der Waals surface area contributed by atoms with E-state index in [4.69, 9.17) is 23.2 Å². The summed E-state index contributed by atoms with van der Waals surface area (Å²) in [6.45, 7) is 2.57. The minimum atomic E-state index is -1.01. The molecule has 1 aliphatic rings. The Morgan fingerprint density at radius 3 is 2.45 bits per heavy atom. The standard InChI is InChI=1S/C30H26Cl2N8O2/c1-18-33-28(36-40(18)27-12-19(31)10-11-24(27)32)29(41)34-20-13-30(42,14-20)17-38-15-21(35-37-38)16-39-25-8-4-2-6-22(25)23-7-3-5-9-26(23)39/h2-12,15,20,42H,13-14,16-17H2,1H3,(H,34,41). The van der Waals surface area contributed by atoms with Gasteiger partial charge < -0.3 is 15.0 Å². The number of hydrogen-bond donors (Lipinski definition) is 2. The van der Waals surface area contributed by atoms with E-state index < -0.39 is 11.5 Å². The molecule has 7 rings (SSSR count). The number of carbonyl (C=O) groups is 1. The molecule has 1 saturated carbocycles. The number of rotatable bonds is 7. The Labute approximate surface area is 250 Å². The van der Waals surface area contributed by atoms with Gasteiger partial charge >= 0.3 is 0 Å². The van der Waals surface area contributed by atoms with Crippen molar-refractivity contribution in [3.8, 4) is 5.69 Å². The second kappa shape index (κ2) is 10.2. The van der Waals surface area contributed by atoms with E-state index in [1.165, 1.54) is 15.5 Å². The second-order valence-electron chi connectivity index (χ2n) is 10.8. The number of nitrogens with one attached hydrogen (secondary N) is 1. The molecule has 1 fully saturated rings. The summed E-state index contributed by atoms with van der Waals surface area (Å²) in [4.78, 5) is 17.2. The van der Waals surface area contributed by atoms with Crippen LogP contribution in [0.15, 0.2) is 72.9 Å². The molecule has 1 aliphatic carbocycles. The summed E-state index contributed by atoms with van der Waals surface area (Å²) < 4.78 is 5.39. The number of benzene rings is 3. The number of carbonyl (C=O) groups excluding carboxylic acids is 1. The van der Waals surface area contributed by atoms with Gasteiger partial charge in [0.15, 0.2) is 0 Å². The van der Waals surface area contributed by atoms with Crippen molar-refractivity contribution in [3.05, 3.63) is 100 Å². The van der Waals surface area contributed by atoms with Crippen molar-refractivity contribution >= 4 is 50.9 Å². The molecule has 0 unspecified atom stereocenters. The summed E-state index contributed by atoms with van der Waals surface area (Å²) in [5, 5.41) is 30.3. The van der Waals surface area contributed by atoms with Crippen molar-refractivity contribution in [1.82, 2.24) is 39.6 Å². The van der Waals surface area contributed by atoms with E-state index in [1.807, 2.05) is 30.5 Å². The molecule has 0 saturated heterocycles. The van der Waals surface area contributed by atoms with Gasteiger partial charge in [-0.1, -0.05) is 64.8 Å². The van der Waals surface area contributed by atoms with E-state index >= 15 is 0 Å². The second-order valence-corrected chi connectivity index (χ2v) is 11.7. The molecule has 6 aromatic rings. The lowest BCUT2D eigenvalue weighted by atomic mass is 9.75. The largest absolute Gasteiger partial charge is 0.388 e. The number of fused-ring (bicyclic) bond motifs is 3. The number of halogens is 2. The van der Waals surface area contributed by atoms with Crippen LogP contribution in [0.5, 0.6) is 0 Å². The van der Waals surface area contributed by atoms with E-state index in [1.54, 1.807) is 29.8 Å². The highest BCUT2D eigenvalue weighted by Crippen LogP contribution is 2.34. The van der Waals surface area contributed by atoms with E-state index in [0.717, 1.165) is 16.7 Å². The lowest BCUT2D eigenvalue weighted by Gasteiger charge is -2.43. The van der Waals surface area contributed by atoms with E-state index in [9.17, 15) is 9.90 Å². The maximum atomic E-state index is 12.9. The molecule has 212 valence electrons. The highest BCUT2D eigenvalue weighted by molar-refractivity contribution is 6.34. The third kappa shape index (κ3) is 4.81. The van der Waals surface area contributed by atoms with Gasteiger partial charge in [-0.3, -0.25) is 4.79 Å². The van der Waals surface area contributed by atoms with Crippen LogP contribution < -0.4 is 5.32 Å². The van der Waals surface area contributed by atoms with Crippen molar-refractivity contribution in [2.24, 2.45) is 0 Å². The van der Waals surface area contributed by atoms with Crippen LogP contribution in [-0.4, -0.2) is 57.0 Å². The first kappa shape index (κ1) is 26.6. The molecule has 10 nitrogen and oxygen atoms in total. The maximum Gasteiger partial charge on any atom is 0.291 e. The van der Waals surface area contributed by atoms with Crippen LogP contribution in [-0.2, 0) is 13.1 Å². The summed E-state index contributed by atoms with van der Waals surface area (Å²) in [6, 6.07) is 21.4. The summed E-state index contributed by atoms with van der Waals surface area (Å²) in [5.74, 6) is 0.0959. The van der Waals surface area contributed by atoms with Gasteiger partial charge in [-0.05, 0) is 50.1 Å². The highest BCUT2D eigenvalue weighted by Gasteiger charge is 2.44. The van der Waals surface area contributed by atoms with Crippen molar-refractivity contribution in [2.45, 2.75) is 44.5 Å². The average Bonchev–Trinajstić information content (AvgIpc) is 3.66. The Kier molecular flexibility index (Phi) is 6.49. The molecule has 0 atom stereocenters. The predicted molar refractivity (Wildman–Crippen MR) is 160 cm³/mol. The van der Waals surface area contributed by atoms with Crippen LogP contribution in [0, 0.1) is 6.92 Å². The number of nitrogens with zero attached hydrogens (tertiary/aromatic N) is 7. The molecule has 2 N–H and O–H groups in total. The Bertz CT molecular complexity index is 1920. The van der Waals surface area contributed by atoms with Crippen LogP contribution >= 0.6 is 23.2 Å². The minimum absolute atomic E-state index is 0.0185. The van der Waals surface area contributed by atoms with Gasteiger partial charge in [0, 0.05) is 32.9 Å². The highest BCUT2D eigenvalue weighted by atomic mass is 35.5. The van der Waals surface area contributed by atoms with E-state index in [-0.39, 0.29) is 18.4 Å². The van der Waals surface area contributed by atoms with Crippen LogP contribution in [0.2, 0.25) is 10.0 Å². The lowest BCUT2D eigenvalue weighted by Crippen LogP contribution is -2.57. The zero-order chi connectivity index (χ0) is 29.0. The molecule has 3 aromatic carbocycles. The molecular formula is C30H26Cl2N8O2. The van der Waals surface area contributed by atoms with Crippen molar-refractivity contribution in [1.29, 1.82) is 0 Å². The van der Waals surface area contributed by atoms with Gasteiger partial charge in [0.05, 0.1) is 35.6 Å². The predicted octanol–water partition coefficient (Wildman–Crippen LogP) is 4.95. The molecular weight excluding hydrogens is 575 g/mol. The van der Waals surface area contributed by atoms with Crippen molar-refractivity contribution in [3.63, 3.8) is 0 Å². The first-order chi connectivity index (χ1) is 20.3. The molecule has 0 bridgehead atoms. The smallest absolute Gasteiger partial charge is 0.291 e. The summed E-state index contributed by atoms with van der Waals surface area (Å²) in [5.41, 5.74) is 2.60. The Morgan fingerprint density at radius 1 is 1.05 bits per heavy atom. The molecule has 0 radical (unpaired) electrons. The number of amides is 1. The van der Waals surface area contributed by atoms with Crippen LogP contribution in [0.4, 0.5) is 0 Å². The Morgan fingerprint density at radius 2 is 1.74 bits per heavy atom. The SMILES string of the molecule is Cc1nc(C(=O)NC2CC(O)(Cn3cc(Cn4c5ccccc5c5ccccc54)nn3)C2)nn1-c1cc(Cl)ccc1Cl. The number of aliphatic hydroxyl groups is 1. The maximum absolute atomic E-state index is 12.9. The first-order valence-electron chi connectivity index (χ1n) is 13.5. The zero-order valence-electron chi connectivity index (χ0n) is 22.6. The monoisotopic (exact) mass is 600 g/mol. The molecule has 1 amide bonds. The summed E-state index contributed by atoms with van der Waals surface area (Å²) >= 11 is 12.4. The fourth-order valence-electron chi connectivity index (χ4n) is 5.83. The van der Waals surface area contributed by atoms with E-state index in [2.05, 4.69) is 54.5 Å². The van der Waals surface area contributed by atoms with Crippen LogP contribution in [0.1, 0.15) is 35.0 Å². The van der Waals surface area contributed by atoms with Gasteiger partial charge in [0.25, 0.3) is 5.91 Å². The van der Waals surface area contributed by atoms with Gasteiger partial charge in [0.1, 0.15) is 11.5 Å². The summed E-state index contributed by atoms with van der Waals surface area (Å²) in [7, 11) is 0. The third-order valence-electron chi connectivity index (χ3n) is 7.74. The Hall–Kier alpha value is -4.25. The molecule has 42 heavy (non-hydrogen) atoms.